The van der Waals surface area contributed by atoms with Crippen molar-refractivity contribution in [2.24, 2.45) is 33.6 Å². The number of carbonyl (C=O) groups excluding carboxylic acids is 1. The van der Waals surface area contributed by atoms with Gasteiger partial charge in [-0.1, -0.05) is 6.92 Å². The minimum absolute atomic E-state index is 0.00599. The Hall–Kier alpha value is -2.21. The number of aliphatic hydroxyl groups excluding tert-OH is 1. The third-order valence-corrected chi connectivity index (χ3v) is 13.3. The summed E-state index contributed by atoms with van der Waals surface area (Å²) < 4.78 is 23.4. The number of aliphatic hydroxyl groups is 3. The average Bonchev–Trinajstić information content (AvgIpc) is 3.58. The number of aliphatic imine (C=N–C) groups is 1. The van der Waals surface area contributed by atoms with Gasteiger partial charge in [-0.3, -0.25) is 9.98 Å². The molecule has 10 nitrogen and oxygen atoms in total. The minimum atomic E-state index is -1.06. The maximum absolute atomic E-state index is 12.8. The molecule has 0 unspecified atom stereocenters. The summed E-state index contributed by atoms with van der Waals surface area (Å²) in [5, 5.41) is 36.0. The fourth-order valence-electron chi connectivity index (χ4n) is 10.8. The predicted molar refractivity (Wildman–Crippen MR) is 169 cm³/mol. The first-order chi connectivity index (χ1) is 22.0. The molecule has 46 heavy (non-hydrogen) atoms. The van der Waals surface area contributed by atoms with Crippen LogP contribution in [-0.2, 0) is 30.3 Å². The van der Waals surface area contributed by atoms with E-state index in [1.165, 1.54) is 0 Å². The van der Waals surface area contributed by atoms with Gasteiger partial charge >= 0.3 is 5.97 Å². The Morgan fingerprint density at radius 3 is 2.61 bits per heavy atom. The number of aromatic nitrogens is 1. The summed E-state index contributed by atoms with van der Waals surface area (Å²) in [4.78, 5) is 21.1. The molecular weight excluding hydrogens is 588 g/mol. The van der Waals surface area contributed by atoms with E-state index in [2.05, 4.69) is 18.1 Å². The van der Waals surface area contributed by atoms with Crippen molar-refractivity contribution < 1.29 is 39.1 Å². The van der Waals surface area contributed by atoms with Gasteiger partial charge in [0.2, 0.25) is 0 Å². The standard InChI is InChI=1S/C36H50N2O8/c1-22-32(40)29(43-3)17-31(45-22)46-25-4-11-34(21-38-19-23-8-14-37-15-9-23)27-5-10-33(2)26(24-16-30(39)44-20-24)7-13-36(33,42)28(27)6-12-35(34,41)18-25/h8-9,14-16,21-22,25-29,31-32,40-42H,4-7,10-13,17-20H2,1-3H3/t22-,25-,26-,27+,28+,29+,31-,32+,33-,34+,35-,36-/m0/s1. The zero-order valence-corrected chi connectivity index (χ0v) is 27.3. The van der Waals surface area contributed by atoms with Crippen LogP contribution in [0.15, 0.2) is 41.2 Å². The Morgan fingerprint density at radius 2 is 1.87 bits per heavy atom. The molecule has 10 heteroatoms. The third-order valence-electron chi connectivity index (χ3n) is 13.3. The number of hydrogen-bond acceptors (Lipinski definition) is 10. The second kappa shape index (κ2) is 12.0. The first kappa shape index (κ1) is 32.3. The second-order valence-corrected chi connectivity index (χ2v) is 15.2. The minimum Gasteiger partial charge on any atom is -0.458 e. The molecule has 3 N–H and O–H groups in total. The van der Waals surface area contributed by atoms with E-state index >= 15 is 0 Å². The van der Waals surface area contributed by atoms with Gasteiger partial charge in [0.1, 0.15) is 12.7 Å². The number of rotatable bonds is 7. The van der Waals surface area contributed by atoms with Crippen LogP contribution >= 0.6 is 0 Å². The van der Waals surface area contributed by atoms with Crippen LogP contribution in [0, 0.1) is 28.6 Å². The summed E-state index contributed by atoms with van der Waals surface area (Å²) in [6.07, 6.45) is 11.8. The number of esters is 1. The fraction of sp³-hybridized carbons (Fsp3) is 0.750. The molecule has 0 aromatic carbocycles. The highest BCUT2D eigenvalue weighted by Crippen LogP contribution is 2.70. The van der Waals surface area contributed by atoms with Gasteiger partial charge in [0.25, 0.3) is 0 Å². The highest BCUT2D eigenvalue weighted by Gasteiger charge is 2.71. The quantitative estimate of drug-likeness (QED) is 0.231. The van der Waals surface area contributed by atoms with Crippen LogP contribution in [0.1, 0.15) is 83.6 Å². The Kier molecular flexibility index (Phi) is 8.46. The fourth-order valence-corrected chi connectivity index (χ4v) is 10.8. The third kappa shape index (κ3) is 5.10. The average molecular weight is 639 g/mol. The van der Waals surface area contributed by atoms with E-state index in [9.17, 15) is 20.1 Å². The molecule has 5 fully saturated rings. The van der Waals surface area contributed by atoms with Gasteiger partial charge in [0.15, 0.2) is 6.29 Å². The van der Waals surface area contributed by atoms with Gasteiger partial charge in [-0.2, -0.15) is 0 Å². The van der Waals surface area contributed by atoms with Crippen molar-refractivity contribution in [1.82, 2.24) is 4.98 Å². The van der Waals surface area contributed by atoms with Gasteiger partial charge in [0, 0.05) is 55.5 Å². The number of hydrogen-bond donors (Lipinski definition) is 3. The largest absolute Gasteiger partial charge is 0.458 e. The molecule has 7 rings (SSSR count). The summed E-state index contributed by atoms with van der Waals surface area (Å²) in [6, 6.07) is 3.93. The molecule has 252 valence electrons. The highest BCUT2D eigenvalue weighted by molar-refractivity contribution is 5.85. The van der Waals surface area contributed by atoms with Crippen molar-refractivity contribution in [2.45, 2.75) is 127 Å². The number of carbonyl (C=O) groups is 1. The molecule has 1 aromatic rings. The monoisotopic (exact) mass is 638 g/mol. The Morgan fingerprint density at radius 1 is 1.09 bits per heavy atom. The summed E-state index contributed by atoms with van der Waals surface area (Å²) >= 11 is 0. The van der Waals surface area contributed by atoms with E-state index < -0.39 is 35.1 Å². The molecule has 0 bridgehead atoms. The summed E-state index contributed by atoms with van der Waals surface area (Å²) in [7, 11) is 1.60. The van der Waals surface area contributed by atoms with E-state index in [1.54, 1.807) is 25.6 Å². The number of nitrogens with zero attached hydrogens (tertiary/aromatic N) is 2. The number of methoxy groups -OCH3 is 1. The zero-order valence-electron chi connectivity index (χ0n) is 27.3. The molecule has 0 radical (unpaired) electrons. The molecule has 3 heterocycles. The molecule has 0 spiro atoms. The van der Waals surface area contributed by atoms with Crippen molar-refractivity contribution in [1.29, 1.82) is 0 Å². The van der Waals surface area contributed by atoms with E-state index in [1.807, 2.05) is 19.1 Å². The lowest BCUT2D eigenvalue weighted by Gasteiger charge is -2.66. The number of ether oxygens (including phenoxy) is 4. The molecule has 4 saturated carbocycles. The lowest BCUT2D eigenvalue weighted by Crippen LogP contribution is -2.69. The van der Waals surface area contributed by atoms with Gasteiger partial charge in [0.05, 0.1) is 36.1 Å². The lowest BCUT2D eigenvalue weighted by molar-refractivity contribution is -0.284. The zero-order chi connectivity index (χ0) is 32.3. The molecule has 2 aliphatic heterocycles. The van der Waals surface area contributed by atoms with Crippen LogP contribution < -0.4 is 0 Å². The normalized spacial score (nSPS) is 47.2. The Balaban J connectivity index is 1.17. The van der Waals surface area contributed by atoms with E-state index in [0.29, 0.717) is 45.3 Å². The Labute approximate surface area is 271 Å². The van der Waals surface area contributed by atoms with Crippen molar-refractivity contribution in [3.8, 4) is 0 Å². The number of fused-ring (bicyclic) bond motifs is 5. The molecule has 4 aliphatic carbocycles. The smallest absolute Gasteiger partial charge is 0.331 e. The maximum atomic E-state index is 12.8. The van der Waals surface area contributed by atoms with E-state index in [0.717, 1.165) is 43.2 Å². The summed E-state index contributed by atoms with van der Waals surface area (Å²) in [6.45, 7) is 4.87. The van der Waals surface area contributed by atoms with Crippen LogP contribution in [-0.4, -0.2) is 88.1 Å². The predicted octanol–water partition coefficient (Wildman–Crippen LogP) is 3.90. The molecule has 6 aliphatic rings. The van der Waals surface area contributed by atoms with Gasteiger partial charge in [-0.05, 0) is 99.3 Å². The molecule has 12 atom stereocenters. The first-order valence-corrected chi connectivity index (χ1v) is 17.3. The van der Waals surface area contributed by atoms with E-state index in [4.69, 9.17) is 23.9 Å². The molecule has 1 aromatic heterocycles. The number of pyridine rings is 1. The molecule has 0 amide bonds. The van der Waals surface area contributed by atoms with Gasteiger partial charge < -0.3 is 34.3 Å². The van der Waals surface area contributed by atoms with Crippen LogP contribution in [0.4, 0.5) is 0 Å². The van der Waals surface area contributed by atoms with Crippen LogP contribution in [0.25, 0.3) is 0 Å². The number of cyclic esters (lactones) is 1. The Bertz CT molecular complexity index is 1360. The lowest BCUT2D eigenvalue weighted by atomic mass is 9.41. The van der Waals surface area contributed by atoms with Gasteiger partial charge in [-0.25, -0.2) is 4.79 Å². The van der Waals surface area contributed by atoms with Crippen molar-refractivity contribution >= 4 is 12.2 Å². The molecular formula is C36H50N2O8. The molecule has 1 saturated heterocycles. The topological polar surface area (TPSA) is 140 Å². The second-order valence-electron chi connectivity index (χ2n) is 15.2. The SMILES string of the molecule is CO[C@@H]1C[C@H](O[C@H]2CC[C@@]3(C=NCc4ccncc4)[C@@H]4CC[C@@]5(C)[C@H](C6=CC(=O)OC6)CC[C@]5(O)[C@@H]4CC[C@]3(O)C2)O[C@@H](C)[C@H]1O. The maximum Gasteiger partial charge on any atom is 0.331 e. The van der Waals surface area contributed by atoms with Crippen molar-refractivity contribution in [3.63, 3.8) is 0 Å². The van der Waals surface area contributed by atoms with Gasteiger partial charge in [-0.15, -0.1) is 0 Å². The van der Waals surface area contributed by atoms with Crippen LogP contribution in [0.5, 0.6) is 0 Å². The summed E-state index contributed by atoms with van der Waals surface area (Å²) in [5.41, 5.74) is -0.871. The van der Waals surface area contributed by atoms with Crippen LogP contribution in [0.2, 0.25) is 0 Å². The van der Waals surface area contributed by atoms with Crippen molar-refractivity contribution in [2.75, 3.05) is 13.7 Å². The first-order valence-electron chi connectivity index (χ1n) is 17.3. The van der Waals surface area contributed by atoms with Crippen LogP contribution in [0.3, 0.4) is 0 Å². The van der Waals surface area contributed by atoms with Crippen molar-refractivity contribution in [3.05, 3.63) is 41.7 Å². The summed E-state index contributed by atoms with van der Waals surface area (Å²) in [5.74, 6) is -0.111. The van der Waals surface area contributed by atoms with E-state index in [-0.39, 0.29) is 41.3 Å². The highest BCUT2D eigenvalue weighted by atomic mass is 16.7.